The largest absolute Gasteiger partial charge is 0.379 e. The predicted octanol–water partition coefficient (Wildman–Crippen LogP) is 5.05. The van der Waals surface area contributed by atoms with Crippen molar-refractivity contribution in [1.29, 1.82) is 0 Å². The summed E-state index contributed by atoms with van der Waals surface area (Å²) in [4.78, 5) is 25.0. The van der Waals surface area contributed by atoms with E-state index in [-0.39, 0.29) is 17.0 Å². The number of anilines is 1. The van der Waals surface area contributed by atoms with Crippen LogP contribution in [0.4, 0.5) is 5.69 Å². The van der Waals surface area contributed by atoms with Gasteiger partial charge < -0.3 is 4.74 Å². The maximum Gasteiger partial charge on any atom is 0.240 e. The van der Waals surface area contributed by atoms with Gasteiger partial charge in [-0.1, -0.05) is 37.5 Å². The van der Waals surface area contributed by atoms with Gasteiger partial charge >= 0.3 is 0 Å². The number of hydrogen-bond acceptors (Lipinski definition) is 4. The lowest BCUT2D eigenvalue weighted by Gasteiger charge is -2.55. The summed E-state index contributed by atoms with van der Waals surface area (Å²) in [5.74, 6) is 3.95. The highest BCUT2D eigenvalue weighted by Gasteiger charge is 2.61. The van der Waals surface area contributed by atoms with Crippen LogP contribution in [0.25, 0.3) is 0 Å². The van der Waals surface area contributed by atoms with Crippen LogP contribution in [0.1, 0.15) is 70.6 Å². The van der Waals surface area contributed by atoms with E-state index in [1.165, 1.54) is 44.9 Å². The van der Waals surface area contributed by atoms with E-state index in [0.717, 1.165) is 81.3 Å². The fraction of sp³-hybridized carbons (Fsp3) is 0.724. The van der Waals surface area contributed by atoms with Crippen LogP contribution in [0, 0.1) is 23.2 Å². The lowest BCUT2D eigenvalue weighted by molar-refractivity contribution is -0.130. The van der Waals surface area contributed by atoms with Crippen LogP contribution >= 0.6 is 0 Å². The summed E-state index contributed by atoms with van der Waals surface area (Å²) in [5, 5.41) is 0. The molecule has 1 amide bonds. The molecule has 1 aromatic carbocycles. The van der Waals surface area contributed by atoms with E-state index in [9.17, 15) is 4.79 Å². The van der Waals surface area contributed by atoms with Crippen molar-refractivity contribution in [2.45, 2.75) is 82.2 Å². The van der Waals surface area contributed by atoms with Crippen molar-refractivity contribution in [1.82, 2.24) is 4.90 Å². The third-order valence-corrected chi connectivity index (χ3v) is 10.2. The Bertz CT molecular complexity index is 926. The Morgan fingerprint density at radius 3 is 2.09 bits per heavy atom. The van der Waals surface area contributed by atoms with Crippen molar-refractivity contribution in [3.8, 4) is 0 Å². The van der Waals surface area contributed by atoms with E-state index in [4.69, 9.17) is 9.73 Å². The molecule has 1 spiro atoms. The molecule has 8 rings (SSSR count). The number of aliphatic imine (C=N–C) groups is 1. The lowest BCUT2D eigenvalue weighted by atomic mass is 9.53. The van der Waals surface area contributed by atoms with Crippen LogP contribution < -0.4 is 4.90 Å². The number of hydrogen-bond donors (Lipinski definition) is 0. The summed E-state index contributed by atoms with van der Waals surface area (Å²) in [6, 6.07) is 10.5. The molecule has 2 heterocycles. The van der Waals surface area contributed by atoms with Gasteiger partial charge in [-0.25, -0.2) is 0 Å². The van der Waals surface area contributed by atoms with E-state index in [2.05, 4.69) is 40.1 Å². The second kappa shape index (κ2) is 8.16. The highest BCUT2D eigenvalue weighted by molar-refractivity contribution is 6.27. The minimum absolute atomic E-state index is 0.0577. The number of para-hydroxylation sites is 1. The molecular weight excluding hydrogens is 422 g/mol. The number of carbonyl (C=O) groups is 1. The molecule has 1 aromatic rings. The minimum Gasteiger partial charge on any atom is -0.379 e. The first-order valence-electron chi connectivity index (χ1n) is 14.0. The van der Waals surface area contributed by atoms with Crippen molar-refractivity contribution in [2.24, 2.45) is 28.2 Å². The van der Waals surface area contributed by atoms with Gasteiger partial charge in [0.15, 0.2) is 0 Å². The third-order valence-electron chi connectivity index (χ3n) is 10.2. The number of amides is 1. The fourth-order valence-electron chi connectivity index (χ4n) is 9.21. The summed E-state index contributed by atoms with van der Waals surface area (Å²) in [5.41, 5.74) is 0.742. The molecule has 2 saturated heterocycles. The van der Waals surface area contributed by atoms with Crippen molar-refractivity contribution in [2.75, 3.05) is 31.2 Å². The standard InChI is InChI=1S/C29H39N3O2/c33-27-29(9-5-2-6-10-29)25(31-11-13-34-14-12-31)26(32(27)24-7-3-1-4-8-24)30-28-18-21-15-22(19-28)17-23(16-21)20-28/h1,3-4,7-8,21-23,25H,2,5-6,9-20H2/t21?,22?,23?,25-,28?/m0/s1. The van der Waals surface area contributed by atoms with Gasteiger partial charge in [0.1, 0.15) is 5.84 Å². The third kappa shape index (κ3) is 3.33. The second-order valence-corrected chi connectivity index (χ2v) is 12.4. The van der Waals surface area contributed by atoms with Crippen molar-refractivity contribution in [3.63, 3.8) is 0 Å². The molecule has 7 fully saturated rings. The zero-order valence-corrected chi connectivity index (χ0v) is 20.5. The van der Waals surface area contributed by atoms with Gasteiger partial charge in [0, 0.05) is 13.1 Å². The molecule has 5 heteroatoms. The van der Waals surface area contributed by atoms with Crippen LogP contribution in [0.3, 0.4) is 0 Å². The fourth-order valence-corrected chi connectivity index (χ4v) is 9.21. The van der Waals surface area contributed by atoms with Crippen molar-refractivity contribution < 1.29 is 9.53 Å². The monoisotopic (exact) mass is 461 g/mol. The molecule has 7 aliphatic rings. The van der Waals surface area contributed by atoms with Crippen molar-refractivity contribution >= 4 is 17.4 Å². The van der Waals surface area contributed by atoms with E-state index >= 15 is 0 Å². The Kier molecular flexibility index (Phi) is 5.17. The van der Waals surface area contributed by atoms with Crippen LogP contribution in [0.2, 0.25) is 0 Å². The first-order valence-corrected chi connectivity index (χ1v) is 14.0. The number of amidine groups is 1. The molecule has 0 N–H and O–H groups in total. The average molecular weight is 462 g/mol. The molecule has 5 aliphatic carbocycles. The lowest BCUT2D eigenvalue weighted by Crippen LogP contribution is -2.56. The molecular formula is C29H39N3O2. The first kappa shape index (κ1) is 21.6. The summed E-state index contributed by atoms with van der Waals surface area (Å²) < 4.78 is 5.76. The van der Waals surface area contributed by atoms with E-state index in [0.29, 0.717) is 5.91 Å². The number of ether oxygens (including phenoxy) is 1. The maximum atomic E-state index is 14.5. The Hall–Kier alpha value is -1.72. The predicted molar refractivity (Wildman–Crippen MR) is 134 cm³/mol. The summed E-state index contributed by atoms with van der Waals surface area (Å²) >= 11 is 0. The van der Waals surface area contributed by atoms with Gasteiger partial charge in [0.2, 0.25) is 5.91 Å². The number of rotatable bonds is 3. The molecule has 5 nitrogen and oxygen atoms in total. The van der Waals surface area contributed by atoms with Crippen molar-refractivity contribution in [3.05, 3.63) is 30.3 Å². The summed E-state index contributed by atoms with van der Waals surface area (Å²) in [6.45, 7) is 3.33. The zero-order chi connectivity index (χ0) is 22.8. The summed E-state index contributed by atoms with van der Waals surface area (Å²) in [6.07, 6.45) is 13.5. The molecule has 1 atom stereocenters. The van der Waals surface area contributed by atoms with Gasteiger partial charge in [-0.2, -0.15) is 0 Å². The molecule has 2 aliphatic heterocycles. The maximum absolute atomic E-state index is 14.5. The van der Waals surface area contributed by atoms with Gasteiger partial charge in [-0.15, -0.1) is 0 Å². The Labute approximate surface area is 203 Å². The minimum atomic E-state index is -0.327. The smallest absolute Gasteiger partial charge is 0.240 e. The van der Waals surface area contributed by atoms with E-state index in [1.54, 1.807) is 0 Å². The number of morpholine rings is 1. The number of nitrogens with zero attached hydrogens (tertiary/aromatic N) is 3. The Balaban J connectivity index is 1.38. The van der Waals surface area contributed by atoms with E-state index < -0.39 is 0 Å². The molecule has 5 saturated carbocycles. The topological polar surface area (TPSA) is 45.1 Å². The second-order valence-electron chi connectivity index (χ2n) is 12.4. The van der Waals surface area contributed by atoms with Crippen LogP contribution in [0.15, 0.2) is 35.3 Å². The highest BCUT2D eigenvalue weighted by atomic mass is 16.5. The van der Waals surface area contributed by atoms with Crippen LogP contribution in [-0.2, 0) is 9.53 Å². The quantitative estimate of drug-likeness (QED) is 0.633. The molecule has 4 bridgehead atoms. The van der Waals surface area contributed by atoms with Crippen LogP contribution in [-0.4, -0.2) is 54.5 Å². The summed E-state index contributed by atoms with van der Waals surface area (Å²) in [7, 11) is 0. The number of carbonyl (C=O) groups excluding carboxylic acids is 1. The molecule has 0 radical (unpaired) electrons. The van der Waals surface area contributed by atoms with Gasteiger partial charge in [-0.3, -0.25) is 19.6 Å². The molecule has 182 valence electrons. The first-order chi connectivity index (χ1) is 16.7. The van der Waals surface area contributed by atoms with Crippen LogP contribution in [0.5, 0.6) is 0 Å². The Morgan fingerprint density at radius 1 is 0.853 bits per heavy atom. The molecule has 0 unspecified atom stereocenters. The SMILES string of the molecule is O=C1N(c2ccccc2)C(=NC23CC4CC(CC(C4)C2)C3)[C@H](N2CCOCC2)C12CCCCC2. The number of benzene rings is 1. The average Bonchev–Trinajstić information content (AvgIpc) is 3.06. The molecule has 0 aromatic heterocycles. The zero-order valence-electron chi connectivity index (χ0n) is 20.5. The van der Waals surface area contributed by atoms with E-state index in [1.807, 2.05) is 0 Å². The Morgan fingerprint density at radius 2 is 1.47 bits per heavy atom. The van der Waals surface area contributed by atoms with Gasteiger partial charge in [0.25, 0.3) is 0 Å². The normalized spacial score (nSPS) is 40.5. The van der Waals surface area contributed by atoms with Gasteiger partial charge in [-0.05, 0) is 81.3 Å². The highest BCUT2D eigenvalue weighted by Crippen LogP contribution is 2.58. The molecule has 34 heavy (non-hydrogen) atoms. The van der Waals surface area contributed by atoms with Gasteiger partial charge in [0.05, 0.1) is 35.9 Å².